The molecule has 0 aromatic heterocycles. The molecule has 0 unspecified atom stereocenters. The molecule has 0 aliphatic carbocycles. The number of hydrogen-bond acceptors (Lipinski definition) is 1. The van der Waals surface area contributed by atoms with Crippen LogP contribution in [-0.2, 0) is 4.74 Å². The van der Waals surface area contributed by atoms with Gasteiger partial charge >= 0.3 is 0 Å². The van der Waals surface area contributed by atoms with Crippen molar-refractivity contribution in [2.45, 2.75) is 40.5 Å². The molecular formula is C11H24O. The van der Waals surface area contributed by atoms with E-state index in [0.29, 0.717) is 0 Å². The minimum atomic E-state index is 0.812. The lowest BCUT2D eigenvalue weighted by Crippen LogP contribution is -1.89. The quantitative estimate of drug-likeness (QED) is 0.457. The van der Waals surface area contributed by atoms with Crippen LogP contribution in [0.1, 0.15) is 40.5 Å². The molecule has 12 heavy (non-hydrogen) atoms. The molecule has 0 spiro atoms. The highest BCUT2D eigenvalue weighted by Gasteiger charge is 1.85. The molecular weight excluding hydrogens is 148 g/mol. The summed E-state index contributed by atoms with van der Waals surface area (Å²) in [4.78, 5) is 0. The summed E-state index contributed by atoms with van der Waals surface area (Å²) in [6.07, 6.45) is 2.00. The maximum absolute atomic E-state index is 5.15. The fourth-order valence-corrected chi connectivity index (χ4v) is 0.348. The van der Waals surface area contributed by atoms with Crippen LogP contribution in [0, 0.1) is 0 Å². The van der Waals surface area contributed by atoms with Crippen molar-refractivity contribution in [2.75, 3.05) is 6.61 Å². The molecule has 0 heterocycles. The van der Waals surface area contributed by atoms with Gasteiger partial charge in [0.15, 0.2) is 0 Å². The molecule has 0 amide bonds. The third-order valence-corrected chi connectivity index (χ3v) is 0.905. The first-order chi connectivity index (χ1) is 5.81. The molecule has 74 valence electrons. The molecule has 0 radical (unpaired) electrons. The Morgan fingerprint density at radius 2 is 1.58 bits per heavy atom. The summed E-state index contributed by atoms with van der Waals surface area (Å²) in [7, 11) is 0. The predicted octanol–water partition coefficient (Wildman–Crippen LogP) is 4.17. The van der Waals surface area contributed by atoms with Gasteiger partial charge in [0, 0.05) is 6.42 Å². The lowest BCUT2D eigenvalue weighted by atomic mass is 10.4. The molecule has 1 nitrogen and oxygen atoms in total. The zero-order valence-electron chi connectivity index (χ0n) is 9.15. The van der Waals surface area contributed by atoms with Crippen molar-refractivity contribution in [3.8, 4) is 0 Å². The largest absolute Gasteiger partial charge is 0.499 e. The van der Waals surface area contributed by atoms with Gasteiger partial charge in [-0.05, 0) is 6.42 Å². The molecule has 1 heteroatoms. The molecule has 0 N–H and O–H groups in total. The van der Waals surface area contributed by atoms with Gasteiger partial charge < -0.3 is 4.74 Å². The van der Waals surface area contributed by atoms with E-state index < -0.39 is 0 Å². The van der Waals surface area contributed by atoms with Crippen molar-refractivity contribution in [2.24, 2.45) is 0 Å². The minimum Gasteiger partial charge on any atom is -0.499 e. The maximum atomic E-state index is 5.15. The summed E-state index contributed by atoms with van der Waals surface area (Å²) in [5.41, 5.74) is 0. The van der Waals surface area contributed by atoms with E-state index in [1.807, 2.05) is 20.8 Å². The molecule has 0 aliphatic rings. The number of allylic oxidation sites excluding steroid dienone is 1. The van der Waals surface area contributed by atoms with Gasteiger partial charge in [0.05, 0.1) is 12.4 Å². The fraction of sp³-hybridized carbons (Fsp3) is 0.636. The Bertz CT molecular complexity index is 77.1. The monoisotopic (exact) mass is 172 g/mol. The van der Waals surface area contributed by atoms with E-state index in [-0.39, 0.29) is 0 Å². The Hall–Kier alpha value is -0.720. The summed E-state index contributed by atoms with van der Waals surface area (Å²) >= 11 is 0. The molecule has 0 aromatic carbocycles. The molecule has 0 aliphatic heterocycles. The Kier molecular flexibility index (Phi) is 32.5. The van der Waals surface area contributed by atoms with E-state index >= 15 is 0 Å². The first-order valence-corrected chi connectivity index (χ1v) is 4.61. The summed E-state index contributed by atoms with van der Waals surface area (Å²) in [5.74, 6) is 0.895. The van der Waals surface area contributed by atoms with E-state index in [0.717, 1.165) is 25.2 Å². The van der Waals surface area contributed by atoms with Gasteiger partial charge in [-0.3, -0.25) is 0 Å². The van der Waals surface area contributed by atoms with E-state index in [9.17, 15) is 0 Å². The third-order valence-electron chi connectivity index (χ3n) is 0.905. The second-order valence-electron chi connectivity index (χ2n) is 1.74. The lowest BCUT2D eigenvalue weighted by molar-refractivity contribution is 0.206. The summed E-state index contributed by atoms with van der Waals surface area (Å²) in [5, 5.41) is 0. The van der Waals surface area contributed by atoms with E-state index in [4.69, 9.17) is 4.74 Å². The molecule has 0 bridgehead atoms. The van der Waals surface area contributed by atoms with Gasteiger partial charge in [0.25, 0.3) is 0 Å². The van der Waals surface area contributed by atoms with Crippen LogP contribution in [-0.4, -0.2) is 6.61 Å². The predicted molar refractivity (Wildman–Crippen MR) is 58.3 cm³/mol. The van der Waals surface area contributed by atoms with Crippen molar-refractivity contribution in [3.63, 3.8) is 0 Å². The van der Waals surface area contributed by atoms with Gasteiger partial charge in [-0.2, -0.15) is 0 Å². The van der Waals surface area contributed by atoms with Crippen LogP contribution in [0.4, 0.5) is 0 Å². The van der Waals surface area contributed by atoms with E-state index in [1.54, 1.807) is 0 Å². The van der Waals surface area contributed by atoms with E-state index in [2.05, 4.69) is 26.7 Å². The first-order valence-electron chi connectivity index (χ1n) is 4.61. The topological polar surface area (TPSA) is 9.23 Å². The van der Waals surface area contributed by atoms with E-state index in [1.165, 1.54) is 0 Å². The number of ether oxygens (including phenoxy) is 1. The smallest absolute Gasteiger partial charge is 0.0885 e. The normalized spacial score (nSPS) is 6.67. The Balaban J connectivity index is -0.000000175. The van der Waals surface area contributed by atoms with Crippen LogP contribution in [0.15, 0.2) is 25.5 Å². The van der Waals surface area contributed by atoms with Crippen LogP contribution in [0.5, 0.6) is 0 Å². The highest BCUT2D eigenvalue weighted by Crippen LogP contribution is 1.97. The summed E-state index contributed by atoms with van der Waals surface area (Å²) < 4.78 is 5.15. The molecule has 0 rings (SSSR count). The fourth-order valence-electron chi connectivity index (χ4n) is 0.348. The molecule has 0 atom stereocenters. The van der Waals surface area contributed by atoms with Crippen molar-refractivity contribution in [1.82, 2.24) is 0 Å². The van der Waals surface area contributed by atoms with Crippen LogP contribution in [0.2, 0.25) is 0 Å². The molecule has 0 saturated heterocycles. The van der Waals surface area contributed by atoms with Crippen molar-refractivity contribution >= 4 is 0 Å². The average Bonchev–Trinajstić information content (AvgIpc) is 2.20. The second-order valence-corrected chi connectivity index (χ2v) is 1.74. The summed E-state index contributed by atoms with van der Waals surface area (Å²) in [6.45, 7) is 18.6. The Morgan fingerprint density at radius 3 is 1.83 bits per heavy atom. The van der Waals surface area contributed by atoms with Crippen molar-refractivity contribution in [1.29, 1.82) is 0 Å². The molecule has 0 aromatic rings. The number of rotatable bonds is 4. The Morgan fingerprint density at radius 1 is 1.17 bits per heavy atom. The van der Waals surface area contributed by atoms with Crippen molar-refractivity contribution in [3.05, 3.63) is 25.5 Å². The van der Waals surface area contributed by atoms with Crippen LogP contribution in [0.25, 0.3) is 0 Å². The average molecular weight is 172 g/mol. The molecule has 0 fully saturated rings. The number of hydrogen-bond donors (Lipinski definition) is 0. The highest BCUT2D eigenvalue weighted by atomic mass is 16.5. The van der Waals surface area contributed by atoms with Crippen LogP contribution < -0.4 is 0 Å². The Labute approximate surface area is 78.1 Å². The maximum Gasteiger partial charge on any atom is 0.0885 e. The SMILES string of the molecule is C=C.C=C(CC)OCCC.CC. The summed E-state index contributed by atoms with van der Waals surface area (Å²) in [6, 6.07) is 0. The van der Waals surface area contributed by atoms with Gasteiger partial charge in [-0.15, -0.1) is 13.2 Å². The third kappa shape index (κ3) is 22.8. The van der Waals surface area contributed by atoms with Gasteiger partial charge in [0.2, 0.25) is 0 Å². The van der Waals surface area contributed by atoms with Gasteiger partial charge in [-0.1, -0.05) is 34.3 Å². The highest BCUT2D eigenvalue weighted by molar-refractivity contribution is 4.78. The zero-order chi connectivity index (χ0) is 10.4. The minimum absolute atomic E-state index is 0.812. The zero-order valence-corrected chi connectivity index (χ0v) is 9.15. The lowest BCUT2D eigenvalue weighted by Gasteiger charge is -2.02. The van der Waals surface area contributed by atoms with Gasteiger partial charge in [0.1, 0.15) is 0 Å². The standard InChI is InChI=1S/C7H14O.C2H6.C2H4/c1-4-6-8-7(3)5-2;2*1-2/h3-6H2,1-2H3;1-2H3;1-2H2. The molecule has 0 saturated carbocycles. The van der Waals surface area contributed by atoms with Crippen molar-refractivity contribution < 1.29 is 4.74 Å². The van der Waals surface area contributed by atoms with Crippen LogP contribution >= 0.6 is 0 Å². The first kappa shape index (κ1) is 17.4. The van der Waals surface area contributed by atoms with Crippen LogP contribution in [0.3, 0.4) is 0 Å². The second kappa shape index (κ2) is 22.4. The van der Waals surface area contributed by atoms with Gasteiger partial charge in [-0.25, -0.2) is 0 Å².